The van der Waals surface area contributed by atoms with Gasteiger partial charge in [0.05, 0.1) is 6.54 Å². The van der Waals surface area contributed by atoms with E-state index in [9.17, 15) is 0 Å². The van der Waals surface area contributed by atoms with Crippen LogP contribution in [0, 0.1) is 0 Å². The largest absolute Gasteiger partial charge is 0.121 e. The van der Waals surface area contributed by atoms with Gasteiger partial charge in [-0.3, -0.25) is 0 Å². The summed E-state index contributed by atoms with van der Waals surface area (Å²) in [5.41, 5.74) is 9.87. The number of azide groups is 1. The average molecular weight is 329 g/mol. The molecule has 0 aliphatic carbocycles. The maximum atomic E-state index is 8.03. The normalized spacial score (nSPS) is 9.15. The number of hydrogen-bond acceptors (Lipinski definition) is 1. The smallest absolute Gasteiger partial charge is 0.0525 e. The maximum absolute atomic E-state index is 8.03. The standard InChI is InChI=1S/C7H6Cl2.C7H6ClN3/c8-5-6-3-1-2-4-7(6)9;8-7-4-2-1-3-6(7)5-10-11-9/h1-4H,5H2;1-4H,5H2. The lowest BCUT2D eigenvalue weighted by Crippen LogP contribution is -1.79. The van der Waals surface area contributed by atoms with Gasteiger partial charge in [-0.25, -0.2) is 0 Å². The Labute approximate surface area is 132 Å². The van der Waals surface area contributed by atoms with Crippen LogP contribution in [0.2, 0.25) is 10.0 Å². The Balaban J connectivity index is 0.000000204. The molecule has 0 aliphatic heterocycles. The Hall–Kier alpha value is -1.38. The molecule has 0 unspecified atom stereocenters. The van der Waals surface area contributed by atoms with Crippen LogP contribution in [0.4, 0.5) is 0 Å². The van der Waals surface area contributed by atoms with Crippen LogP contribution < -0.4 is 0 Å². The topological polar surface area (TPSA) is 48.8 Å². The third-order valence-electron chi connectivity index (χ3n) is 2.36. The molecule has 0 amide bonds. The average Bonchev–Trinajstić information content (AvgIpc) is 2.48. The van der Waals surface area contributed by atoms with Gasteiger partial charge in [0.1, 0.15) is 0 Å². The molecule has 0 heterocycles. The number of benzene rings is 2. The van der Waals surface area contributed by atoms with Crippen molar-refractivity contribution in [3.8, 4) is 0 Å². The minimum absolute atomic E-state index is 0.316. The van der Waals surface area contributed by atoms with Crippen LogP contribution in [0.1, 0.15) is 11.1 Å². The third kappa shape index (κ3) is 5.72. The Kier molecular flexibility index (Phi) is 7.93. The number of rotatable bonds is 3. The molecule has 6 heteroatoms. The fourth-order valence-electron chi connectivity index (χ4n) is 1.34. The van der Waals surface area contributed by atoms with Crippen LogP contribution in [0.15, 0.2) is 53.6 Å². The van der Waals surface area contributed by atoms with Crippen LogP contribution in [-0.4, -0.2) is 0 Å². The highest BCUT2D eigenvalue weighted by Crippen LogP contribution is 2.16. The number of halogens is 3. The van der Waals surface area contributed by atoms with E-state index in [2.05, 4.69) is 10.0 Å². The molecule has 0 aromatic heterocycles. The Morgan fingerprint density at radius 1 is 0.900 bits per heavy atom. The van der Waals surface area contributed by atoms with Gasteiger partial charge in [0, 0.05) is 20.8 Å². The summed E-state index contributed by atoms with van der Waals surface area (Å²) >= 11 is 17.1. The van der Waals surface area contributed by atoms with Gasteiger partial charge in [-0.1, -0.05) is 64.7 Å². The first-order chi connectivity index (χ1) is 9.69. The highest BCUT2D eigenvalue weighted by Gasteiger charge is 1.94. The van der Waals surface area contributed by atoms with Gasteiger partial charge in [-0.15, -0.1) is 11.6 Å². The minimum Gasteiger partial charge on any atom is -0.121 e. The van der Waals surface area contributed by atoms with Crippen molar-refractivity contribution in [1.82, 2.24) is 0 Å². The molecule has 104 valence electrons. The van der Waals surface area contributed by atoms with Crippen LogP contribution in [0.25, 0.3) is 10.4 Å². The highest BCUT2D eigenvalue weighted by molar-refractivity contribution is 6.32. The molecule has 0 saturated heterocycles. The Morgan fingerprint density at radius 3 is 1.80 bits per heavy atom. The molecule has 0 spiro atoms. The van der Waals surface area contributed by atoms with Gasteiger partial charge in [0.25, 0.3) is 0 Å². The molecule has 0 fully saturated rings. The minimum atomic E-state index is 0.316. The van der Waals surface area contributed by atoms with E-state index in [0.29, 0.717) is 17.4 Å². The van der Waals surface area contributed by atoms with Crippen molar-refractivity contribution in [1.29, 1.82) is 0 Å². The van der Waals surface area contributed by atoms with E-state index in [1.807, 2.05) is 42.5 Å². The summed E-state index contributed by atoms with van der Waals surface area (Å²) in [5, 5.41) is 4.78. The fourth-order valence-corrected chi connectivity index (χ4v) is 2.04. The van der Waals surface area contributed by atoms with E-state index in [-0.39, 0.29) is 0 Å². The van der Waals surface area contributed by atoms with Crippen LogP contribution in [0.3, 0.4) is 0 Å². The van der Waals surface area contributed by atoms with Gasteiger partial charge in [-0.05, 0) is 28.8 Å². The van der Waals surface area contributed by atoms with E-state index in [4.69, 9.17) is 40.3 Å². The van der Waals surface area contributed by atoms with Gasteiger partial charge in [-0.2, -0.15) is 0 Å². The molecule has 20 heavy (non-hydrogen) atoms. The van der Waals surface area contributed by atoms with E-state index in [0.717, 1.165) is 16.1 Å². The van der Waals surface area contributed by atoms with Crippen LogP contribution in [-0.2, 0) is 12.4 Å². The molecule has 2 aromatic carbocycles. The monoisotopic (exact) mass is 327 g/mol. The molecule has 0 saturated carbocycles. The zero-order valence-electron chi connectivity index (χ0n) is 10.5. The number of hydrogen-bond donors (Lipinski definition) is 0. The van der Waals surface area contributed by atoms with E-state index in [1.165, 1.54) is 0 Å². The third-order valence-corrected chi connectivity index (χ3v) is 3.39. The molecule has 0 N–H and O–H groups in total. The van der Waals surface area contributed by atoms with E-state index >= 15 is 0 Å². The molecule has 0 aliphatic rings. The summed E-state index contributed by atoms with van der Waals surface area (Å²) in [6.45, 7) is 0.316. The first kappa shape index (κ1) is 16.7. The lowest BCUT2D eigenvalue weighted by Gasteiger charge is -1.96. The SMILES string of the molecule is ClCc1ccccc1Cl.[N-]=[N+]=NCc1ccccc1Cl. The fraction of sp³-hybridized carbons (Fsp3) is 0.143. The second kappa shape index (κ2) is 9.51. The van der Waals surface area contributed by atoms with E-state index < -0.39 is 0 Å². The summed E-state index contributed by atoms with van der Waals surface area (Å²) in [6.07, 6.45) is 0. The van der Waals surface area contributed by atoms with Crippen molar-refractivity contribution in [2.75, 3.05) is 0 Å². The van der Waals surface area contributed by atoms with Crippen molar-refractivity contribution in [3.05, 3.63) is 80.1 Å². The highest BCUT2D eigenvalue weighted by atomic mass is 35.5. The molecule has 2 aromatic rings. The van der Waals surface area contributed by atoms with Crippen molar-refractivity contribution in [2.45, 2.75) is 12.4 Å². The number of nitrogens with zero attached hydrogens (tertiary/aromatic N) is 3. The summed E-state index contributed by atoms with van der Waals surface area (Å²) in [5.74, 6) is 0.486. The molecule has 0 radical (unpaired) electrons. The summed E-state index contributed by atoms with van der Waals surface area (Å²) in [7, 11) is 0. The van der Waals surface area contributed by atoms with Gasteiger partial charge in [0.15, 0.2) is 0 Å². The van der Waals surface area contributed by atoms with Crippen LogP contribution >= 0.6 is 34.8 Å². The first-order valence-electron chi connectivity index (χ1n) is 5.72. The van der Waals surface area contributed by atoms with Crippen molar-refractivity contribution >= 4 is 34.8 Å². The Bertz CT molecular complexity index is 596. The molecular formula is C14H12Cl3N3. The zero-order chi connectivity index (χ0) is 14.8. The van der Waals surface area contributed by atoms with Gasteiger partial charge >= 0.3 is 0 Å². The maximum Gasteiger partial charge on any atom is 0.0525 e. The first-order valence-corrected chi connectivity index (χ1v) is 7.01. The van der Waals surface area contributed by atoms with Crippen molar-refractivity contribution in [2.24, 2.45) is 5.11 Å². The summed E-state index contributed by atoms with van der Waals surface area (Å²) in [6, 6.07) is 14.8. The predicted octanol–water partition coefficient (Wildman–Crippen LogP) is 6.23. The molecular weight excluding hydrogens is 317 g/mol. The van der Waals surface area contributed by atoms with Crippen molar-refractivity contribution < 1.29 is 0 Å². The molecule has 0 atom stereocenters. The van der Waals surface area contributed by atoms with Gasteiger partial charge < -0.3 is 0 Å². The quantitative estimate of drug-likeness (QED) is 0.277. The predicted molar refractivity (Wildman–Crippen MR) is 85.3 cm³/mol. The second-order valence-corrected chi connectivity index (χ2v) is 4.79. The van der Waals surface area contributed by atoms with Gasteiger partial charge in [0.2, 0.25) is 0 Å². The summed E-state index contributed by atoms with van der Waals surface area (Å²) < 4.78 is 0. The summed E-state index contributed by atoms with van der Waals surface area (Å²) in [4.78, 5) is 2.64. The molecule has 3 nitrogen and oxygen atoms in total. The zero-order valence-corrected chi connectivity index (χ0v) is 12.8. The van der Waals surface area contributed by atoms with Crippen molar-refractivity contribution in [3.63, 3.8) is 0 Å². The molecule has 0 bridgehead atoms. The Morgan fingerprint density at radius 2 is 1.40 bits per heavy atom. The van der Waals surface area contributed by atoms with E-state index in [1.54, 1.807) is 6.07 Å². The second-order valence-electron chi connectivity index (χ2n) is 3.71. The number of alkyl halides is 1. The lowest BCUT2D eigenvalue weighted by molar-refractivity contribution is 1.05. The lowest BCUT2D eigenvalue weighted by atomic mass is 10.2. The van der Waals surface area contributed by atoms with Crippen LogP contribution in [0.5, 0.6) is 0 Å². The molecule has 2 rings (SSSR count).